The Labute approximate surface area is 125 Å². The van der Waals surface area contributed by atoms with E-state index < -0.39 is 0 Å². The molecule has 0 atom stereocenters. The number of piperidine rings is 1. The summed E-state index contributed by atoms with van der Waals surface area (Å²) in [7, 11) is 2.07. The summed E-state index contributed by atoms with van der Waals surface area (Å²) < 4.78 is 4.96. The summed E-state index contributed by atoms with van der Waals surface area (Å²) in [5, 5.41) is 2.90. The molecule has 0 aromatic heterocycles. The molecule has 0 bridgehead atoms. The first-order valence-corrected chi connectivity index (χ1v) is 7.36. The summed E-state index contributed by atoms with van der Waals surface area (Å²) in [4.78, 5) is 26.1. The lowest BCUT2D eigenvalue weighted by molar-refractivity contribution is -0.121. The Kier molecular flexibility index (Phi) is 5.33. The van der Waals surface area contributed by atoms with E-state index in [0.717, 1.165) is 25.9 Å². The van der Waals surface area contributed by atoms with Crippen LogP contribution in [0.1, 0.15) is 30.1 Å². The van der Waals surface area contributed by atoms with E-state index in [-0.39, 0.29) is 17.8 Å². The molecule has 0 saturated carbocycles. The highest BCUT2D eigenvalue weighted by Crippen LogP contribution is 2.19. The van der Waals surface area contributed by atoms with Crippen molar-refractivity contribution in [2.45, 2.75) is 19.8 Å². The van der Waals surface area contributed by atoms with Gasteiger partial charge < -0.3 is 15.0 Å². The predicted molar refractivity (Wildman–Crippen MR) is 81.2 cm³/mol. The summed E-state index contributed by atoms with van der Waals surface area (Å²) in [6.45, 7) is 4.00. The Balaban J connectivity index is 1.97. The lowest BCUT2D eigenvalue weighted by Gasteiger charge is -2.28. The van der Waals surface area contributed by atoms with Crippen molar-refractivity contribution in [2.75, 3.05) is 32.1 Å². The Morgan fingerprint density at radius 1 is 1.33 bits per heavy atom. The standard InChI is InChI=1S/C16H22N2O3/c1-3-21-16(20)13-5-4-6-14(11-13)17-15(19)12-7-9-18(2)10-8-12/h4-6,11-12H,3,7-10H2,1-2H3,(H,17,19). The number of amides is 1. The van der Waals surface area contributed by atoms with Gasteiger partial charge >= 0.3 is 5.97 Å². The van der Waals surface area contributed by atoms with Crippen molar-refractivity contribution in [1.29, 1.82) is 0 Å². The molecule has 0 unspecified atom stereocenters. The first-order chi connectivity index (χ1) is 10.1. The van der Waals surface area contributed by atoms with Crippen LogP contribution in [-0.4, -0.2) is 43.5 Å². The Bertz CT molecular complexity index is 508. The summed E-state index contributed by atoms with van der Waals surface area (Å²) in [6, 6.07) is 6.88. The minimum atomic E-state index is -0.368. The number of anilines is 1. The maximum Gasteiger partial charge on any atom is 0.338 e. The van der Waals surface area contributed by atoms with Crippen molar-refractivity contribution in [3.63, 3.8) is 0 Å². The molecule has 5 heteroatoms. The summed E-state index contributed by atoms with van der Waals surface area (Å²) in [5.74, 6) is -0.288. The van der Waals surface area contributed by atoms with Gasteiger partial charge in [0, 0.05) is 11.6 Å². The Morgan fingerprint density at radius 3 is 2.71 bits per heavy atom. The first-order valence-electron chi connectivity index (χ1n) is 7.36. The number of rotatable bonds is 4. The van der Waals surface area contributed by atoms with Gasteiger partial charge in [0.05, 0.1) is 12.2 Å². The van der Waals surface area contributed by atoms with Crippen LogP contribution in [0.2, 0.25) is 0 Å². The summed E-state index contributed by atoms with van der Waals surface area (Å²) >= 11 is 0. The number of likely N-dealkylation sites (tertiary alicyclic amines) is 1. The molecule has 5 nitrogen and oxygen atoms in total. The van der Waals surface area contributed by atoms with Crippen LogP contribution >= 0.6 is 0 Å². The largest absolute Gasteiger partial charge is 0.462 e. The number of nitrogens with zero attached hydrogens (tertiary/aromatic N) is 1. The fourth-order valence-electron chi connectivity index (χ4n) is 2.45. The zero-order chi connectivity index (χ0) is 15.2. The van der Waals surface area contributed by atoms with Crippen LogP contribution < -0.4 is 5.32 Å². The zero-order valence-electron chi connectivity index (χ0n) is 12.6. The molecule has 0 aliphatic carbocycles. The van der Waals surface area contributed by atoms with Gasteiger partial charge in [-0.25, -0.2) is 4.79 Å². The van der Waals surface area contributed by atoms with E-state index in [2.05, 4.69) is 17.3 Å². The SMILES string of the molecule is CCOC(=O)c1cccc(NC(=O)C2CCN(C)CC2)c1. The van der Waals surface area contributed by atoms with E-state index in [0.29, 0.717) is 17.9 Å². The first kappa shape index (κ1) is 15.5. The Morgan fingerprint density at radius 2 is 2.05 bits per heavy atom. The number of benzene rings is 1. The molecule has 1 aromatic carbocycles. The lowest BCUT2D eigenvalue weighted by Crippen LogP contribution is -2.35. The monoisotopic (exact) mass is 290 g/mol. The number of ether oxygens (including phenoxy) is 1. The van der Waals surface area contributed by atoms with Crippen molar-refractivity contribution in [3.05, 3.63) is 29.8 Å². The molecule has 1 saturated heterocycles. The molecule has 1 aromatic rings. The number of hydrogen-bond acceptors (Lipinski definition) is 4. The van der Waals surface area contributed by atoms with E-state index in [1.54, 1.807) is 31.2 Å². The molecule has 1 aliphatic heterocycles. The van der Waals surface area contributed by atoms with Crippen LogP contribution in [0.3, 0.4) is 0 Å². The van der Waals surface area contributed by atoms with Crippen LogP contribution in [0, 0.1) is 5.92 Å². The molecule has 21 heavy (non-hydrogen) atoms. The van der Waals surface area contributed by atoms with Crippen LogP contribution in [-0.2, 0) is 9.53 Å². The van der Waals surface area contributed by atoms with Gasteiger partial charge in [0.2, 0.25) is 5.91 Å². The molecule has 1 fully saturated rings. The third-order valence-corrected chi connectivity index (χ3v) is 3.73. The van der Waals surface area contributed by atoms with Gasteiger partial charge in [-0.3, -0.25) is 4.79 Å². The maximum atomic E-state index is 12.2. The van der Waals surface area contributed by atoms with Crippen molar-refractivity contribution in [3.8, 4) is 0 Å². The molecule has 0 radical (unpaired) electrons. The van der Waals surface area contributed by atoms with Gasteiger partial charge in [-0.05, 0) is 58.1 Å². The molecule has 2 rings (SSSR count). The molecule has 114 valence electrons. The molecule has 1 amide bonds. The van der Waals surface area contributed by atoms with Crippen LogP contribution in [0.25, 0.3) is 0 Å². The molecule has 0 spiro atoms. The molecular weight excluding hydrogens is 268 g/mol. The van der Waals surface area contributed by atoms with Gasteiger partial charge in [0.25, 0.3) is 0 Å². The second-order valence-electron chi connectivity index (χ2n) is 5.37. The highest BCUT2D eigenvalue weighted by molar-refractivity contribution is 5.95. The second-order valence-corrected chi connectivity index (χ2v) is 5.37. The third kappa shape index (κ3) is 4.29. The van der Waals surface area contributed by atoms with E-state index in [1.165, 1.54) is 0 Å². The summed E-state index contributed by atoms with van der Waals surface area (Å²) in [5.41, 5.74) is 1.10. The highest BCUT2D eigenvalue weighted by atomic mass is 16.5. The molecule has 1 N–H and O–H groups in total. The average molecular weight is 290 g/mol. The molecule has 1 heterocycles. The fourth-order valence-corrected chi connectivity index (χ4v) is 2.45. The van der Waals surface area contributed by atoms with Gasteiger partial charge in [0.15, 0.2) is 0 Å². The van der Waals surface area contributed by atoms with Gasteiger partial charge in [0.1, 0.15) is 0 Å². The van der Waals surface area contributed by atoms with E-state index in [1.807, 2.05) is 0 Å². The normalized spacial score (nSPS) is 16.5. The van der Waals surface area contributed by atoms with Crippen molar-refractivity contribution in [2.24, 2.45) is 5.92 Å². The van der Waals surface area contributed by atoms with Crippen molar-refractivity contribution in [1.82, 2.24) is 4.90 Å². The average Bonchev–Trinajstić information content (AvgIpc) is 2.48. The number of nitrogens with one attached hydrogen (secondary N) is 1. The minimum Gasteiger partial charge on any atom is -0.462 e. The fraction of sp³-hybridized carbons (Fsp3) is 0.500. The number of hydrogen-bond donors (Lipinski definition) is 1. The lowest BCUT2D eigenvalue weighted by atomic mass is 9.96. The van der Waals surface area contributed by atoms with Crippen molar-refractivity contribution < 1.29 is 14.3 Å². The van der Waals surface area contributed by atoms with Crippen LogP contribution in [0.4, 0.5) is 5.69 Å². The molecule has 1 aliphatic rings. The van der Waals surface area contributed by atoms with Gasteiger partial charge in [-0.2, -0.15) is 0 Å². The van der Waals surface area contributed by atoms with Crippen molar-refractivity contribution >= 4 is 17.6 Å². The topological polar surface area (TPSA) is 58.6 Å². The smallest absolute Gasteiger partial charge is 0.338 e. The van der Waals surface area contributed by atoms with E-state index in [9.17, 15) is 9.59 Å². The zero-order valence-corrected chi connectivity index (χ0v) is 12.6. The van der Waals surface area contributed by atoms with Gasteiger partial charge in [-0.15, -0.1) is 0 Å². The molecular formula is C16H22N2O3. The predicted octanol–water partition coefficient (Wildman–Crippen LogP) is 2.14. The maximum absolute atomic E-state index is 12.2. The van der Waals surface area contributed by atoms with Gasteiger partial charge in [-0.1, -0.05) is 6.07 Å². The summed E-state index contributed by atoms with van der Waals surface area (Å²) in [6.07, 6.45) is 1.75. The Hall–Kier alpha value is -1.88. The second kappa shape index (κ2) is 7.22. The number of esters is 1. The van der Waals surface area contributed by atoms with Crippen LogP contribution in [0.15, 0.2) is 24.3 Å². The third-order valence-electron chi connectivity index (χ3n) is 3.73. The minimum absolute atomic E-state index is 0.0316. The number of carbonyl (C=O) groups excluding carboxylic acids is 2. The number of carbonyl (C=O) groups is 2. The van der Waals surface area contributed by atoms with E-state index >= 15 is 0 Å². The van der Waals surface area contributed by atoms with E-state index in [4.69, 9.17) is 4.74 Å². The quantitative estimate of drug-likeness (QED) is 0.863. The van der Waals surface area contributed by atoms with Crippen LogP contribution in [0.5, 0.6) is 0 Å². The highest BCUT2D eigenvalue weighted by Gasteiger charge is 2.23.